The molecule has 0 heterocycles. The molecule has 17 heavy (non-hydrogen) atoms. The lowest BCUT2D eigenvalue weighted by Crippen LogP contribution is -2.36. The molecule has 0 radical (unpaired) electrons. The van der Waals surface area contributed by atoms with Crippen LogP contribution in [0.3, 0.4) is 0 Å². The fraction of sp³-hybridized carbons (Fsp3) is 0.462. The maximum absolute atomic E-state index is 5.44. The number of nitrogens with one attached hydrogen (secondary N) is 2. The molecule has 0 spiro atoms. The minimum Gasteiger partial charge on any atom is -0.325 e. The summed E-state index contributed by atoms with van der Waals surface area (Å²) < 4.78 is 0. The molecule has 0 fully saturated rings. The van der Waals surface area contributed by atoms with Crippen LogP contribution in [0.2, 0.25) is 0 Å². The Balaban J connectivity index is 2.76. The highest BCUT2D eigenvalue weighted by Gasteiger charge is 2.00. The van der Waals surface area contributed by atoms with Gasteiger partial charge in [0.2, 0.25) is 5.96 Å². The molecule has 94 valence electrons. The third-order valence-corrected chi connectivity index (χ3v) is 2.24. The summed E-state index contributed by atoms with van der Waals surface area (Å²) >= 11 is 0. The highest BCUT2D eigenvalue weighted by atomic mass is 15.3. The fourth-order valence-corrected chi connectivity index (χ4v) is 1.58. The fourth-order valence-electron chi connectivity index (χ4n) is 1.58. The Labute approximate surface area is 103 Å². The number of rotatable bonds is 3. The first-order chi connectivity index (χ1) is 8.01. The Hall–Kier alpha value is -1.55. The van der Waals surface area contributed by atoms with E-state index in [1.54, 1.807) is 0 Å². The first-order valence-electron chi connectivity index (χ1n) is 5.87. The summed E-state index contributed by atoms with van der Waals surface area (Å²) in [5.74, 6) is 6.55. The number of hydrogen-bond donors (Lipinski definition) is 3. The van der Waals surface area contributed by atoms with Gasteiger partial charge in [-0.2, -0.15) is 0 Å². The van der Waals surface area contributed by atoms with Crippen molar-refractivity contribution in [2.75, 3.05) is 11.9 Å². The molecule has 4 heteroatoms. The minimum absolute atomic E-state index is 0.513. The second kappa shape index (κ2) is 6.25. The highest BCUT2D eigenvalue weighted by molar-refractivity contribution is 5.93. The molecule has 0 atom stereocenters. The van der Waals surface area contributed by atoms with E-state index in [0.717, 1.165) is 12.2 Å². The van der Waals surface area contributed by atoms with Crippen molar-refractivity contribution in [3.63, 3.8) is 0 Å². The van der Waals surface area contributed by atoms with Crippen LogP contribution in [0.25, 0.3) is 0 Å². The van der Waals surface area contributed by atoms with E-state index in [0.29, 0.717) is 11.9 Å². The van der Waals surface area contributed by atoms with Crippen molar-refractivity contribution in [1.29, 1.82) is 0 Å². The normalized spacial score (nSPS) is 11.8. The quantitative estimate of drug-likeness (QED) is 0.325. The standard InChI is InChI=1S/C13H22N4/c1-9(2)8-15-13(17-14)16-12-6-10(3)5-11(4)7-12/h5-7,9H,8,14H2,1-4H3,(H2,15,16,17). The molecule has 1 aromatic rings. The van der Waals surface area contributed by atoms with Gasteiger partial charge in [0.05, 0.1) is 0 Å². The van der Waals surface area contributed by atoms with Crippen LogP contribution < -0.4 is 16.6 Å². The van der Waals surface area contributed by atoms with Gasteiger partial charge >= 0.3 is 0 Å². The van der Waals surface area contributed by atoms with Crippen LogP contribution in [0, 0.1) is 19.8 Å². The van der Waals surface area contributed by atoms with Crippen LogP contribution in [0.5, 0.6) is 0 Å². The molecule has 0 unspecified atom stereocenters. The summed E-state index contributed by atoms with van der Waals surface area (Å²) in [5, 5.41) is 3.18. The maximum atomic E-state index is 5.44. The number of aryl methyl sites for hydroxylation is 2. The van der Waals surface area contributed by atoms with Gasteiger partial charge in [-0.15, -0.1) is 0 Å². The Kier molecular flexibility index (Phi) is 4.97. The molecular formula is C13H22N4. The molecule has 1 aromatic carbocycles. The van der Waals surface area contributed by atoms with Crippen molar-refractivity contribution >= 4 is 11.6 Å². The highest BCUT2D eigenvalue weighted by Crippen LogP contribution is 2.13. The van der Waals surface area contributed by atoms with Crippen molar-refractivity contribution in [2.24, 2.45) is 16.8 Å². The number of nitrogens with zero attached hydrogens (tertiary/aromatic N) is 1. The number of benzene rings is 1. The van der Waals surface area contributed by atoms with E-state index in [1.165, 1.54) is 11.1 Å². The maximum Gasteiger partial charge on any atom is 0.210 e. The lowest BCUT2D eigenvalue weighted by Gasteiger charge is -2.11. The van der Waals surface area contributed by atoms with Crippen LogP contribution >= 0.6 is 0 Å². The number of anilines is 1. The third kappa shape index (κ3) is 4.87. The van der Waals surface area contributed by atoms with Gasteiger partial charge in [-0.25, -0.2) is 5.84 Å². The van der Waals surface area contributed by atoms with Crippen LogP contribution in [-0.4, -0.2) is 12.5 Å². The van der Waals surface area contributed by atoms with Crippen LogP contribution in [0.1, 0.15) is 25.0 Å². The predicted molar refractivity (Wildman–Crippen MR) is 74.0 cm³/mol. The van der Waals surface area contributed by atoms with E-state index < -0.39 is 0 Å². The number of hydrazine groups is 1. The molecule has 0 aliphatic heterocycles. The molecule has 1 rings (SSSR count). The minimum atomic E-state index is 0.513. The van der Waals surface area contributed by atoms with Crippen molar-refractivity contribution in [3.05, 3.63) is 29.3 Å². The zero-order valence-electron chi connectivity index (χ0n) is 11.0. The van der Waals surface area contributed by atoms with E-state index in [1.807, 2.05) is 0 Å². The second-order valence-electron chi connectivity index (χ2n) is 4.73. The van der Waals surface area contributed by atoms with Crippen LogP contribution in [0.15, 0.2) is 23.2 Å². The lowest BCUT2D eigenvalue weighted by atomic mass is 10.1. The molecule has 0 aliphatic rings. The second-order valence-corrected chi connectivity index (χ2v) is 4.73. The van der Waals surface area contributed by atoms with Gasteiger partial charge < -0.3 is 5.32 Å². The zero-order valence-corrected chi connectivity index (χ0v) is 11.0. The van der Waals surface area contributed by atoms with Crippen molar-refractivity contribution in [3.8, 4) is 0 Å². The average Bonchev–Trinajstić information content (AvgIpc) is 2.22. The predicted octanol–water partition coefficient (Wildman–Crippen LogP) is 2.19. The summed E-state index contributed by atoms with van der Waals surface area (Å²) in [7, 11) is 0. The Morgan fingerprint density at radius 3 is 2.29 bits per heavy atom. The molecule has 4 N–H and O–H groups in total. The molecule has 0 amide bonds. The Morgan fingerprint density at radius 2 is 1.82 bits per heavy atom. The van der Waals surface area contributed by atoms with Gasteiger partial charge in [-0.05, 0) is 43.0 Å². The summed E-state index contributed by atoms with van der Waals surface area (Å²) in [4.78, 5) is 4.37. The van der Waals surface area contributed by atoms with Crippen molar-refractivity contribution < 1.29 is 0 Å². The van der Waals surface area contributed by atoms with Crippen molar-refractivity contribution in [2.45, 2.75) is 27.7 Å². The molecule has 0 saturated carbocycles. The zero-order chi connectivity index (χ0) is 12.8. The lowest BCUT2D eigenvalue weighted by molar-refractivity contribution is 0.663. The first kappa shape index (κ1) is 13.5. The van der Waals surface area contributed by atoms with Gasteiger partial charge in [0.25, 0.3) is 0 Å². The van der Waals surface area contributed by atoms with Crippen molar-refractivity contribution in [1.82, 2.24) is 5.43 Å². The van der Waals surface area contributed by atoms with Gasteiger partial charge in [0.1, 0.15) is 0 Å². The van der Waals surface area contributed by atoms with E-state index in [2.05, 4.69) is 61.6 Å². The number of nitrogens with two attached hydrogens (primary N) is 1. The molecule has 0 bridgehead atoms. The molecule has 0 aromatic heterocycles. The molecule has 0 saturated heterocycles. The van der Waals surface area contributed by atoms with E-state index >= 15 is 0 Å². The first-order valence-corrected chi connectivity index (χ1v) is 5.87. The third-order valence-electron chi connectivity index (χ3n) is 2.24. The van der Waals surface area contributed by atoms with E-state index in [-0.39, 0.29) is 0 Å². The Bertz CT molecular complexity index is 376. The van der Waals surface area contributed by atoms with E-state index in [4.69, 9.17) is 5.84 Å². The number of aliphatic imine (C=N–C) groups is 1. The molecule has 4 nitrogen and oxygen atoms in total. The number of guanidine groups is 1. The average molecular weight is 234 g/mol. The summed E-state index contributed by atoms with van der Waals surface area (Å²) in [6.45, 7) is 9.12. The summed E-state index contributed by atoms with van der Waals surface area (Å²) in [5.41, 5.74) is 6.02. The molecule has 0 aliphatic carbocycles. The molecular weight excluding hydrogens is 212 g/mol. The monoisotopic (exact) mass is 234 g/mol. The van der Waals surface area contributed by atoms with Gasteiger partial charge in [-0.3, -0.25) is 10.4 Å². The summed E-state index contributed by atoms with van der Waals surface area (Å²) in [6.07, 6.45) is 0. The van der Waals surface area contributed by atoms with Crippen LogP contribution in [-0.2, 0) is 0 Å². The van der Waals surface area contributed by atoms with Gasteiger partial charge in [0, 0.05) is 12.2 Å². The van der Waals surface area contributed by atoms with Gasteiger partial charge in [0.15, 0.2) is 0 Å². The number of hydrogen-bond acceptors (Lipinski definition) is 2. The Morgan fingerprint density at radius 1 is 1.24 bits per heavy atom. The van der Waals surface area contributed by atoms with Gasteiger partial charge in [-0.1, -0.05) is 19.9 Å². The van der Waals surface area contributed by atoms with Crippen LogP contribution in [0.4, 0.5) is 5.69 Å². The smallest absolute Gasteiger partial charge is 0.210 e. The topological polar surface area (TPSA) is 62.4 Å². The summed E-state index contributed by atoms with van der Waals surface area (Å²) in [6, 6.07) is 6.26. The van der Waals surface area contributed by atoms with E-state index in [9.17, 15) is 0 Å². The SMILES string of the molecule is Cc1cc(C)cc(NC(=NCC(C)C)NN)c1. The largest absolute Gasteiger partial charge is 0.325 e.